The highest BCUT2D eigenvalue weighted by atomic mass is 79.9. The van der Waals surface area contributed by atoms with E-state index in [1.54, 1.807) is 12.1 Å². The van der Waals surface area contributed by atoms with Crippen molar-refractivity contribution >= 4 is 37.8 Å². The third-order valence-electron chi connectivity index (χ3n) is 2.13. The third kappa shape index (κ3) is 2.92. The first-order valence-electron chi connectivity index (χ1n) is 4.73. The van der Waals surface area contributed by atoms with E-state index in [1.165, 1.54) is 6.07 Å². The fraction of sp³-hybridized carbons (Fsp3) is 0. The standard InChI is InChI=1S/C12H7Br2NO2/c13-8-4-7(5-9(14)6-8)10-2-1-3-11(15-10)12(16)17/h1-6H,(H,16,17). The van der Waals surface area contributed by atoms with E-state index in [0.29, 0.717) is 5.69 Å². The topological polar surface area (TPSA) is 50.2 Å². The van der Waals surface area contributed by atoms with Crippen molar-refractivity contribution in [3.63, 3.8) is 0 Å². The fourth-order valence-electron chi connectivity index (χ4n) is 1.42. The summed E-state index contributed by atoms with van der Waals surface area (Å²) in [6.45, 7) is 0. The van der Waals surface area contributed by atoms with Crippen LogP contribution in [-0.2, 0) is 0 Å². The molecule has 0 atom stereocenters. The number of aromatic nitrogens is 1. The van der Waals surface area contributed by atoms with E-state index in [-0.39, 0.29) is 5.69 Å². The van der Waals surface area contributed by atoms with Crippen molar-refractivity contribution in [1.29, 1.82) is 0 Å². The smallest absolute Gasteiger partial charge is 0.354 e. The largest absolute Gasteiger partial charge is 0.477 e. The summed E-state index contributed by atoms with van der Waals surface area (Å²) in [7, 11) is 0. The molecule has 0 amide bonds. The number of carbonyl (C=O) groups is 1. The van der Waals surface area contributed by atoms with Gasteiger partial charge in [0.25, 0.3) is 0 Å². The van der Waals surface area contributed by atoms with Crippen LogP contribution in [0.25, 0.3) is 11.3 Å². The molecule has 1 aromatic carbocycles. The van der Waals surface area contributed by atoms with Gasteiger partial charge in [-0.25, -0.2) is 9.78 Å². The molecular formula is C12H7Br2NO2. The Kier molecular flexibility index (Phi) is 3.59. The van der Waals surface area contributed by atoms with Crippen molar-refractivity contribution in [3.05, 3.63) is 51.0 Å². The Balaban J connectivity index is 2.52. The summed E-state index contributed by atoms with van der Waals surface area (Å²) in [5.41, 5.74) is 1.53. The molecular weight excluding hydrogens is 350 g/mol. The maximum Gasteiger partial charge on any atom is 0.354 e. The maximum atomic E-state index is 10.8. The van der Waals surface area contributed by atoms with Gasteiger partial charge in [-0.15, -0.1) is 0 Å². The van der Waals surface area contributed by atoms with Gasteiger partial charge in [0.05, 0.1) is 5.69 Å². The summed E-state index contributed by atoms with van der Waals surface area (Å²) in [5, 5.41) is 8.88. The van der Waals surface area contributed by atoms with Crippen molar-refractivity contribution in [2.24, 2.45) is 0 Å². The Bertz CT molecular complexity index is 564. The van der Waals surface area contributed by atoms with E-state index >= 15 is 0 Å². The molecule has 0 spiro atoms. The van der Waals surface area contributed by atoms with E-state index < -0.39 is 5.97 Å². The second-order valence-corrected chi connectivity index (χ2v) is 5.20. The second-order valence-electron chi connectivity index (χ2n) is 3.37. The number of nitrogens with zero attached hydrogens (tertiary/aromatic N) is 1. The van der Waals surface area contributed by atoms with E-state index in [0.717, 1.165) is 14.5 Å². The number of rotatable bonds is 2. The molecule has 3 nitrogen and oxygen atoms in total. The lowest BCUT2D eigenvalue weighted by Crippen LogP contribution is -2.00. The van der Waals surface area contributed by atoms with Crippen LogP contribution in [0.5, 0.6) is 0 Å². The molecule has 1 heterocycles. The molecule has 2 aromatic rings. The van der Waals surface area contributed by atoms with Crippen molar-refractivity contribution in [2.45, 2.75) is 0 Å². The molecule has 0 saturated carbocycles. The zero-order valence-corrected chi connectivity index (χ0v) is 11.7. The summed E-state index contributed by atoms with van der Waals surface area (Å²) in [4.78, 5) is 14.9. The lowest BCUT2D eigenvalue weighted by atomic mass is 10.1. The monoisotopic (exact) mass is 355 g/mol. The minimum absolute atomic E-state index is 0.0404. The quantitative estimate of drug-likeness (QED) is 0.885. The van der Waals surface area contributed by atoms with Crippen molar-refractivity contribution in [1.82, 2.24) is 4.98 Å². The normalized spacial score (nSPS) is 10.2. The van der Waals surface area contributed by atoms with Gasteiger partial charge in [0.2, 0.25) is 0 Å². The predicted molar refractivity (Wildman–Crippen MR) is 72.0 cm³/mol. The lowest BCUT2D eigenvalue weighted by molar-refractivity contribution is 0.0690. The highest BCUT2D eigenvalue weighted by molar-refractivity contribution is 9.11. The van der Waals surface area contributed by atoms with E-state index in [1.807, 2.05) is 18.2 Å². The average Bonchev–Trinajstić information content (AvgIpc) is 2.28. The first-order chi connectivity index (χ1) is 8.06. The molecule has 0 radical (unpaired) electrons. The fourth-order valence-corrected chi connectivity index (χ4v) is 2.71. The molecule has 2 rings (SSSR count). The molecule has 5 heteroatoms. The minimum atomic E-state index is -1.03. The van der Waals surface area contributed by atoms with Gasteiger partial charge in [-0.05, 0) is 30.3 Å². The molecule has 0 aliphatic carbocycles. The predicted octanol–water partition coefficient (Wildman–Crippen LogP) is 3.97. The number of hydrogen-bond acceptors (Lipinski definition) is 2. The summed E-state index contributed by atoms with van der Waals surface area (Å²) in [6, 6.07) is 10.6. The highest BCUT2D eigenvalue weighted by Crippen LogP contribution is 2.26. The van der Waals surface area contributed by atoms with Gasteiger partial charge in [-0.1, -0.05) is 37.9 Å². The zero-order valence-electron chi connectivity index (χ0n) is 8.52. The van der Waals surface area contributed by atoms with Crippen LogP contribution in [0.4, 0.5) is 0 Å². The molecule has 86 valence electrons. The number of halogens is 2. The number of aromatic carboxylic acids is 1. The molecule has 17 heavy (non-hydrogen) atoms. The second kappa shape index (κ2) is 4.98. The van der Waals surface area contributed by atoms with Crippen LogP contribution in [-0.4, -0.2) is 16.1 Å². The van der Waals surface area contributed by atoms with Crippen molar-refractivity contribution in [2.75, 3.05) is 0 Å². The van der Waals surface area contributed by atoms with Gasteiger partial charge >= 0.3 is 5.97 Å². The van der Waals surface area contributed by atoms with Crippen LogP contribution in [0.15, 0.2) is 45.3 Å². The molecule has 1 N–H and O–H groups in total. The van der Waals surface area contributed by atoms with E-state index in [9.17, 15) is 4.79 Å². The number of hydrogen-bond donors (Lipinski definition) is 1. The Morgan fingerprint density at radius 2 is 1.76 bits per heavy atom. The Morgan fingerprint density at radius 3 is 2.35 bits per heavy atom. The maximum absolute atomic E-state index is 10.8. The number of pyridine rings is 1. The van der Waals surface area contributed by atoms with Gasteiger partial charge in [0.1, 0.15) is 5.69 Å². The number of carboxylic acid groups (broad SMARTS) is 1. The first kappa shape index (κ1) is 12.3. The van der Waals surface area contributed by atoms with E-state index in [2.05, 4.69) is 36.8 Å². The summed E-state index contributed by atoms with van der Waals surface area (Å²) in [6.07, 6.45) is 0. The average molecular weight is 357 g/mol. The SMILES string of the molecule is O=C(O)c1cccc(-c2cc(Br)cc(Br)c2)n1. The van der Waals surface area contributed by atoms with Gasteiger partial charge in [-0.2, -0.15) is 0 Å². The van der Waals surface area contributed by atoms with Crippen LogP contribution < -0.4 is 0 Å². The first-order valence-corrected chi connectivity index (χ1v) is 6.31. The summed E-state index contributed by atoms with van der Waals surface area (Å²) >= 11 is 6.77. The van der Waals surface area contributed by atoms with Crippen LogP contribution in [0, 0.1) is 0 Å². The molecule has 0 aliphatic heterocycles. The molecule has 0 bridgehead atoms. The van der Waals surface area contributed by atoms with Crippen molar-refractivity contribution < 1.29 is 9.90 Å². The number of carboxylic acids is 1. The number of benzene rings is 1. The minimum Gasteiger partial charge on any atom is -0.477 e. The van der Waals surface area contributed by atoms with Crippen LogP contribution in [0.1, 0.15) is 10.5 Å². The van der Waals surface area contributed by atoms with Gasteiger partial charge in [0, 0.05) is 14.5 Å². The Hall–Kier alpha value is -1.20. The lowest BCUT2D eigenvalue weighted by Gasteiger charge is -2.04. The molecule has 0 unspecified atom stereocenters. The van der Waals surface area contributed by atoms with Gasteiger partial charge in [-0.3, -0.25) is 0 Å². The third-order valence-corrected chi connectivity index (χ3v) is 3.04. The summed E-state index contributed by atoms with van der Waals surface area (Å²) in [5.74, 6) is -1.03. The van der Waals surface area contributed by atoms with Crippen LogP contribution in [0.2, 0.25) is 0 Å². The zero-order chi connectivity index (χ0) is 12.4. The van der Waals surface area contributed by atoms with Gasteiger partial charge in [0.15, 0.2) is 0 Å². The highest BCUT2D eigenvalue weighted by Gasteiger charge is 2.07. The van der Waals surface area contributed by atoms with Crippen LogP contribution in [0.3, 0.4) is 0 Å². The van der Waals surface area contributed by atoms with E-state index in [4.69, 9.17) is 5.11 Å². The molecule has 0 fully saturated rings. The van der Waals surface area contributed by atoms with Gasteiger partial charge < -0.3 is 5.11 Å². The summed E-state index contributed by atoms with van der Waals surface area (Å²) < 4.78 is 1.81. The Morgan fingerprint density at radius 1 is 1.12 bits per heavy atom. The molecule has 0 saturated heterocycles. The molecule has 0 aliphatic rings. The molecule has 1 aromatic heterocycles. The van der Waals surface area contributed by atoms with Crippen molar-refractivity contribution in [3.8, 4) is 11.3 Å². The Labute approximate surface area is 115 Å². The van der Waals surface area contributed by atoms with Crippen LogP contribution >= 0.6 is 31.9 Å².